The summed E-state index contributed by atoms with van der Waals surface area (Å²) < 4.78 is 0. The lowest BCUT2D eigenvalue weighted by Crippen LogP contribution is -2.49. The molecule has 5 heteroatoms. The van der Waals surface area contributed by atoms with Gasteiger partial charge in [-0.05, 0) is 33.2 Å². The fourth-order valence-corrected chi connectivity index (χ4v) is 2.70. The first-order valence-corrected chi connectivity index (χ1v) is 6.70. The summed E-state index contributed by atoms with van der Waals surface area (Å²) in [5, 5.41) is 12.1. The van der Waals surface area contributed by atoms with Gasteiger partial charge in [-0.1, -0.05) is 6.92 Å². The Morgan fingerprint density at radius 3 is 2.50 bits per heavy atom. The second-order valence-corrected chi connectivity index (χ2v) is 5.10. The molecule has 0 radical (unpaired) electrons. The molecule has 0 aromatic carbocycles. The van der Waals surface area contributed by atoms with E-state index in [2.05, 4.69) is 5.32 Å². The molecule has 2 unspecified atom stereocenters. The summed E-state index contributed by atoms with van der Waals surface area (Å²) in [6, 6.07) is -0.246. The van der Waals surface area contributed by atoms with Gasteiger partial charge in [0.05, 0.1) is 11.8 Å². The van der Waals surface area contributed by atoms with Gasteiger partial charge in [0, 0.05) is 19.1 Å². The van der Waals surface area contributed by atoms with E-state index in [1.54, 1.807) is 11.8 Å². The van der Waals surface area contributed by atoms with Crippen LogP contribution in [0.4, 0.5) is 0 Å². The van der Waals surface area contributed by atoms with Crippen LogP contribution in [-0.2, 0) is 9.59 Å². The highest BCUT2D eigenvalue weighted by molar-refractivity contribution is 5.84. The van der Waals surface area contributed by atoms with E-state index in [1.807, 2.05) is 13.8 Å². The third kappa shape index (κ3) is 3.02. The van der Waals surface area contributed by atoms with Crippen LogP contribution < -0.4 is 5.32 Å². The SMILES string of the molecule is CCN(C(=O)C1(CC)CCNC1)C(C)CC(=O)O. The van der Waals surface area contributed by atoms with Crippen LogP contribution in [0.3, 0.4) is 0 Å². The van der Waals surface area contributed by atoms with Crippen molar-refractivity contribution < 1.29 is 14.7 Å². The van der Waals surface area contributed by atoms with Crippen molar-refractivity contribution in [3.8, 4) is 0 Å². The lowest BCUT2D eigenvalue weighted by molar-refractivity contribution is -0.145. The van der Waals surface area contributed by atoms with Crippen molar-refractivity contribution in [2.45, 2.75) is 46.1 Å². The lowest BCUT2D eigenvalue weighted by atomic mass is 9.82. The van der Waals surface area contributed by atoms with Gasteiger partial charge < -0.3 is 15.3 Å². The molecule has 1 heterocycles. The topological polar surface area (TPSA) is 69.6 Å². The number of carbonyl (C=O) groups excluding carboxylic acids is 1. The number of carboxylic acid groups (broad SMARTS) is 1. The van der Waals surface area contributed by atoms with Crippen LogP contribution >= 0.6 is 0 Å². The molecule has 0 aliphatic carbocycles. The zero-order valence-electron chi connectivity index (χ0n) is 11.5. The smallest absolute Gasteiger partial charge is 0.305 e. The zero-order valence-corrected chi connectivity index (χ0v) is 11.5. The Morgan fingerprint density at radius 1 is 1.44 bits per heavy atom. The van der Waals surface area contributed by atoms with Gasteiger partial charge in [0.15, 0.2) is 0 Å². The Hall–Kier alpha value is -1.10. The van der Waals surface area contributed by atoms with E-state index < -0.39 is 5.97 Å². The van der Waals surface area contributed by atoms with Crippen molar-refractivity contribution in [3.05, 3.63) is 0 Å². The van der Waals surface area contributed by atoms with Gasteiger partial charge in [-0.15, -0.1) is 0 Å². The number of amides is 1. The third-order valence-electron chi connectivity index (χ3n) is 3.98. The Bertz CT molecular complexity index is 311. The molecule has 1 rings (SSSR count). The fraction of sp³-hybridized carbons (Fsp3) is 0.846. The average Bonchev–Trinajstić information content (AvgIpc) is 2.78. The third-order valence-corrected chi connectivity index (χ3v) is 3.98. The lowest BCUT2D eigenvalue weighted by Gasteiger charge is -2.36. The van der Waals surface area contributed by atoms with Gasteiger partial charge >= 0.3 is 5.97 Å². The van der Waals surface area contributed by atoms with Gasteiger partial charge in [-0.3, -0.25) is 9.59 Å². The molecular weight excluding hydrogens is 232 g/mol. The first kappa shape index (κ1) is 15.0. The molecule has 0 aromatic rings. The van der Waals surface area contributed by atoms with Gasteiger partial charge in [0.25, 0.3) is 0 Å². The molecule has 1 saturated heterocycles. The summed E-state index contributed by atoms with van der Waals surface area (Å²) in [5.74, 6) is -0.755. The van der Waals surface area contributed by atoms with E-state index >= 15 is 0 Å². The predicted octanol–water partition coefficient (Wildman–Crippen LogP) is 1.09. The minimum Gasteiger partial charge on any atom is -0.481 e. The summed E-state index contributed by atoms with van der Waals surface area (Å²) in [6.07, 6.45) is 1.65. The number of rotatable bonds is 6. The Morgan fingerprint density at radius 2 is 2.11 bits per heavy atom. The Labute approximate surface area is 109 Å². The van der Waals surface area contributed by atoms with Crippen LogP contribution in [0.5, 0.6) is 0 Å². The minimum absolute atomic E-state index is 0.00675. The molecule has 104 valence electrons. The zero-order chi connectivity index (χ0) is 13.8. The highest BCUT2D eigenvalue weighted by Gasteiger charge is 2.42. The minimum atomic E-state index is -0.858. The van der Waals surface area contributed by atoms with Crippen molar-refractivity contribution in [2.24, 2.45) is 5.41 Å². The molecule has 0 bridgehead atoms. The van der Waals surface area contributed by atoms with Crippen molar-refractivity contribution in [1.29, 1.82) is 0 Å². The first-order chi connectivity index (χ1) is 8.46. The van der Waals surface area contributed by atoms with Crippen LogP contribution in [0.1, 0.15) is 40.0 Å². The van der Waals surface area contributed by atoms with E-state index in [9.17, 15) is 9.59 Å². The van der Waals surface area contributed by atoms with Gasteiger partial charge in [-0.2, -0.15) is 0 Å². The van der Waals surface area contributed by atoms with Crippen LogP contribution in [0, 0.1) is 5.41 Å². The summed E-state index contributed by atoms with van der Waals surface area (Å²) in [4.78, 5) is 25.1. The maximum atomic E-state index is 12.6. The first-order valence-electron chi connectivity index (χ1n) is 6.70. The largest absolute Gasteiger partial charge is 0.481 e. The highest BCUT2D eigenvalue weighted by Crippen LogP contribution is 2.32. The molecule has 2 N–H and O–H groups in total. The van der Waals surface area contributed by atoms with Crippen molar-refractivity contribution >= 4 is 11.9 Å². The van der Waals surface area contributed by atoms with E-state index in [-0.39, 0.29) is 23.8 Å². The number of carbonyl (C=O) groups is 2. The molecule has 1 fully saturated rings. The number of hydrogen-bond acceptors (Lipinski definition) is 3. The Kier molecular flexibility index (Phi) is 5.14. The summed E-state index contributed by atoms with van der Waals surface area (Å²) in [7, 11) is 0. The fourth-order valence-electron chi connectivity index (χ4n) is 2.70. The van der Waals surface area contributed by atoms with Gasteiger partial charge in [-0.25, -0.2) is 0 Å². The number of nitrogens with zero attached hydrogens (tertiary/aromatic N) is 1. The second-order valence-electron chi connectivity index (χ2n) is 5.10. The van der Waals surface area contributed by atoms with Crippen LogP contribution in [-0.4, -0.2) is 47.6 Å². The molecule has 5 nitrogen and oxygen atoms in total. The van der Waals surface area contributed by atoms with Crippen molar-refractivity contribution in [1.82, 2.24) is 10.2 Å². The maximum absolute atomic E-state index is 12.6. The van der Waals surface area contributed by atoms with E-state index in [4.69, 9.17) is 5.11 Å². The van der Waals surface area contributed by atoms with Gasteiger partial charge in [0.2, 0.25) is 5.91 Å². The molecule has 18 heavy (non-hydrogen) atoms. The number of carboxylic acids is 1. The molecule has 1 aliphatic heterocycles. The van der Waals surface area contributed by atoms with Crippen molar-refractivity contribution in [3.63, 3.8) is 0 Å². The molecular formula is C13H24N2O3. The molecule has 0 aromatic heterocycles. The second kappa shape index (κ2) is 6.18. The van der Waals surface area contributed by atoms with E-state index in [1.165, 1.54) is 0 Å². The molecule has 1 aliphatic rings. The van der Waals surface area contributed by atoms with Crippen LogP contribution in [0.25, 0.3) is 0 Å². The molecule has 0 saturated carbocycles. The maximum Gasteiger partial charge on any atom is 0.305 e. The normalized spacial score (nSPS) is 24.8. The summed E-state index contributed by atoms with van der Waals surface area (Å²) >= 11 is 0. The molecule has 1 amide bonds. The number of nitrogens with one attached hydrogen (secondary N) is 1. The predicted molar refractivity (Wildman–Crippen MR) is 69.3 cm³/mol. The molecule has 2 atom stereocenters. The highest BCUT2D eigenvalue weighted by atomic mass is 16.4. The van der Waals surface area contributed by atoms with Crippen LogP contribution in [0.2, 0.25) is 0 Å². The summed E-state index contributed by atoms with van der Waals surface area (Å²) in [5.41, 5.74) is -0.331. The van der Waals surface area contributed by atoms with E-state index in [0.717, 1.165) is 19.4 Å². The van der Waals surface area contributed by atoms with Gasteiger partial charge in [0.1, 0.15) is 0 Å². The van der Waals surface area contributed by atoms with Crippen LogP contribution in [0.15, 0.2) is 0 Å². The average molecular weight is 256 g/mol. The van der Waals surface area contributed by atoms with E-state index in [0.29, 0.717) is 13.1 Å². The monoisotopic (exact) mass is 256 g/mol. The quantitative estimate of drug-likeness (QED) is 0.746. The standard InChI is InChI=1S/C13H24N2O3/c1-4-13(6-7-14-9-13)12(18)15(5-2)10(3)8-11(16)17/h10,14H,4-9H2,1-3H3,(H,16,17). The number of aliphatic carboxylic acids is 1. The Balaban J connectivity index is 2.80. The number of hydrogen-bond donors (Lipinski definition) is 2. The summed E-state index contributed by atoms with van der Waals surface area (Å²) in [6.45, 7) is 7.88. The van der Waals surface area contributed by atoms with Crippen molar-refractivity contribution in [2.75, 3.05) is 19.6 Å². The molecule has 0 spiro atoms.